The second-order valence-corrected chi connectivity index (χ2v) is 6.44. The molecule has 0 saturated heterocycles. The van der Waals surface area contributed by atoms with E-state index < -0.39 is 0 Å². The SMILES string of the molecule is CCNC(Cc1ccc(Br)cc1)c1cc(Br)ccc1F. The predicted octanol–water partition coefficient (Wildman–Crippen LogP) is 5.24. The molecular formula is C16H16Br2FN. The maximum Gasteiger partial charge on any atom is 0.128 e. The number of benzene rings is 2. The molecule has 4 heteroatoms. The van der Waals surface area contributed by atoms with E-state index >= 15 is 0 Å². The van der Waals surface area contributed by atoms with Crippen molar-refractivity contribution in [3.8, 4) is 0 Å². The molecule has 0 aliphatic rings. The van der Waals surface area contributed by atoms with E-state index in [4.69, 9.17) is 0 Å². The van der Waals surface area contributed by atoms with Gasteiger partial charge in [0.05, 0.1) is 0 Å². The lowest BCUT2D eigenvalue weighted by Gasteiger charge is -2.19. The van der Waals surface area contributed by atoms with Crippen molar-refractivity contribution in [1.29, 1.82) is 0 Å². The summed E-state index contributed by atoms with van der Waals surface area (Å²) in [5.41, 5.74) is 1.88. The van der Waals surface area contributed by atoms with E-state index in [1.165, 1.54) is 11.6 Å². The summed E-state index contributed by atoms with van der Waals surface area (Å²) in [6.45, 7) is 2.83. The minimum Gasteiger partial charge on any atom is -0.310 e. The fraction of sp³-hybridized carbons (Fsp3) is 0.250. The van der Waals surface area contributed by atoms with Crippen LogP contribution in [0.25, 0.3) is 0 Å². The fourth-order valence-electron chi connectivity index (χ4n) is 2.18. The Balaban J connectivity index is 2.26. The van der Waals surface area contributed by atoms with Crippen molar-refractivity contribution in [3.63, 3.8) is 0 Å². The summed E-state index contributed by atoms with van der Waals surface area (Å²) in [4.78, 5) is 0. The van der Waals surface area contributed by atoms with E-state index in [9.17, 15) is 4.39 Å². The Hall–Kier alpha value is -0.710. The number of hydrogen-bond acceptors (Lipinski definition) is 1. The highest BCUT2D eigenvalue weighted by Crippen LogP contribution is 2.25. The quantitative estimate of drug-likeness (QED) is 0.723. The normalized spacial score (nSPS) is 12.4. The molecule has 106 valence electrons. The minimum absolute atomic E-state index is 0.0290. The molecule has 0 saturated carbocycles. The van der Waals surface area contributed by atoms with Gasteiger partial charge in [0.15, 0.2) is 0 Å². The highest BCUT2D eigenvalue weighted by molar-refractivity contribution is 9.10. The van der Waals surface area contributed by atoms with Gasteiger partial charge in [-0.3, -0.25) is 0 Å². The Bertz CT molecular complexity index is 569. The van der Waals surface area contributed by atoms with E-state index in [-0.39, 0.29) is 11.9 Å². The Kier molecular flexibility index (Phi) is 5.75. The Morgan fingerprint density at radius 1 is 1.05 bits per heavy atom. The van der Waals surface area contributed by atoms with Gasteiger partial charge in [0.2, 0.25) is 0 Å². The van der Waals surface area contributed by atoms with E-state index in [0.29, 0.717) is 5.56 Å². The van der Waals surface area contributed by atoms with Crippen molar-refractivity contribution in [2.24, 2.45) is 0 Å². The Labute approximate surface area is 135 Å². The first-order valence-electron chi connectivity index (χ1n) is 6.53. The van der Waals surface area contributed by atoms with Gasteiger partial charge in [-0.1, -0.05) is 50.9 Å². The maximum atomic E-state index is 14.0. The van der Waals surface area contributed by atoms with Crippen LogP contribution in [0.2, 0.25) is 0 Å². The molecule has 2 rings (SSSR count). The van der Waals surface area contributed by atoms with Gasteiger partial charge in [-0.05, 0) is 48.9 Å². The van der Waals surface area contributed by atoms with Gasteiger partial charge in [0.1, 0.15) is 5.82 Å². The van der Waals surface area contributed by atoms with Gasteiger partial charge < -0.3 is 5.32 Å². The van der Waals surface area contributed by atoms with Crippen molar-refractivity contribution in [3.05, 3.63) is 68.4 Å². The topological polar surface area (TPSA) is 12.0 Å². The zero-order valence-corrected chi connectivity index (χ0v) is 14.3. The van der Waals surface area contributed by atoms with Gasteiger partial charge in [0, 0.05) is 20.6 Å². The summed E-state index contributed by atoms with van der Waals surface area (Å²) >= 11 is 6.84. The number of likely N-dealkylation sites (N-methyl/N-ethyl adjacent to an activating group) is 1. The van der Waals surface area contributed by atoms with Crippen molar-refractivity contribution >= 4 is 31.9 Å². The third-order valence-corrected chi connectivity index (χ3v) is 4.16. The smallest absolute Gasteiger partial charge is 0.128 e. The highest BCUT2D eigenvalue weighted by Gasteiger charge is 2.16. The van der Waals surface area contributed by atoms with Crippen LogP contribution >= 0.6 is 31.9 Å². The molecule has 1 N–H and O–H groups in total. The largest absolute Gasteiger partial charge is 0.310 e. The summed E-state index contributed by atoms with van der Waals surface area (Å²) in [6.07, 6.45) is 0.758. The summed E-state index contributed by atoms with van der Waals surface area (Å²) in [6, 6.07) is 13.2. The third kappa shape index (κ3) is 4.14. The van der Waals surface area contributed by atoms with Gasteiger partial charge in [-0.15, -0.1) is 0 Å². The highest BCUT2D eigenvalue weighted by atomic mass is 79.9. The van der Waals surface area contributed by atoms with Crippen molar-refractivity contribution < 1.29 is 4.39 Å². The summed E-state index contributed by atoms with van der Waals surface area (Å²) in [7, 11) is 0. The molecule has 0 fully saturated rings. The van der Waals surface area contributed by atoms with E-state index in [0.717, 1.165) is 21.9 Å². The van der Waals surface area contributed by atoms with Crippen LogP contribution in [0.3, 0.4) is 0 Å². The first-order valence-corrected chi connectivity index (χ1v) is 8.11. The molecule has 0 aliphatic heterocycles. The molecule has 0 aromatic heterocycles. The lowest BCUT2D eigenvalue weighted by Crippen LogP contribution is -2.24. The van der Waals surface area contributed by atoms with Crippen LogP contribution in [0.1, 0.15) is 24.1 Å². The summed E-state index contributed by atoms with van der Waals surface area (Å²) in [5, 5.41) is 3.36. The van der Waals surface area contributed by atoms with E-state index in [1.807, 2.05) is 25.1 Å². The molecular weight excluding hydrogens is 385 g/mol. The van der Waals surface area contributed by atoms with Crippen molar-refractivity contribution in [2.75, 3.05) is 6.54 Å². The maximum absolute atomic E-state index is 14.0. The first kappa shape index (κ1) is 15.7. The molecule has 1 nitrogen and oxygen atoms in total. The number of rotatable bonds is 5. The first-order chi connectivity index (χ1) is 9.60. The van der Waals surface area contributed by atoms with E-state index in [2.05, 4.69) is 49.3 Å². The molecule has 1 atom stereocenters. The molecule has 0 heterocycles. The van der Waals surface area contributed by atoms with Crippen LogP contribution in [0.5, 0.6) is 0 Å². The third-order valence-electron chi connectivity index (χ3n) is 3.14. The molecule has 0 amide bonds. The second-order valence-electron chi connectivity index (χ2n) is 4.61. The van der Waals surface area contributed by atoms with Crippen LogP contribution < -0.4 is 5.32 Å². The Morgan fingerprint density at radius 2 is 1.70 bits per heavy atom. The van der Waals surface area contributed by atoms with E-state index in [1.54, 1.807) is 6.07 Å². The predicted molar refractivity (Wildman–Crippen MR) is 88.4 cm³/mol. The second kappa shape index (κ2) is 7.34. The molecule has 1 unspecified atom stereocenters. The standard InChI is InChI=1S/C16H16Br2FN/c1-2-20-16(9-11-3-5-12(17)6-4-11)14-10-13(18)7-8-15(14)19/h3-8,10,16,20H,2,9H2,1H3. The van der Waals surface area contributed by atoms with Crippen LogP contribution in [0.4, 0.5) is 4.39 Å². The monoisotopic (exact) mass is 399 g/mol. The number of halogens is 3. The molecule has 0 spiro atoms. The Morgan fingerprint density at radius 3 is 2.35 bits per heavy atom. The number of nitrogens with one attached hydrogen (secondary N) is 1. The van der Waals surface area contributed by atoms with Crippen LogP contribution in [-0.4, -0.2) is 6.54 Å². The van der Waals surface area contributed by atoms with Gasteiger partial charge in [-0.25, -0.2) is 4.39 Å². The van der Waals surface area contributed by atoms with Gasteiger partial charge >= 0.3 is 0 Å². The fourth-order valence-corrected chi connectivity index (χ4v) is 2.82. The van der Waals surface area contributed by atoms with Crippen molar-refractivity contribution in [2.45, 2.75) is 19.4 Å². The average molecular weight is 401 g/mol. The van der Waals surface area contributed by atoms with Crippen LogP contribution in [-0.2, 0) is 6.42 Å². The molecule has 2 aromatic rings. The molecule has 0 aliphatic carbocycles. The van der Waals surface area contributed by atoms with Crippen molar-refractivity contribution in [1.82, 2.24) is 5.32 Å². The zero-order valence-electron chi connectivity index (χ0n) is 11.2. The lowest BCUT2D eigenvalue weighted by atomic mass is 9.98. The lowest BCUT2D eigenvalue weighted by molar-refractivity contribution is 0.509. The minimum atomic E-state index is -0.170. The summed E-state index contributed by atoms with van der Waals surface area (Å²) < 4.78 is 16.0. The van der Waals surface area contributed by atoms with Gasteiger partial charge in [-0.2, -0.15) is 0 Å². The molecule has 0 bridgehead atoms. The van der Waals surface area contributed by atoms with Crippen LogP contribution in [0, 0.1) is 5.82 Å². The molecule has 2 aromatic carbocycles. The van der Waals surface area contributed by atoms with Gasteiger partial charge in [0.25, 0.3) is 0 Å². The number of hydrogen-bond donors (Lipinski definition) is 1. The summed E-state index contributed by atoms with van der Waals surface area (Å²) in [5.74, 6) is -0.170. The molecule has 0 radical (unpaired) electrons. The van der Waals surface area contributed by atoms with Crippen LogP contribution in [0.15, 0.2) is 51.4 Å². The average Bonchev–Trinajstić information content (AvgIpc) is 2.43. The zero-order chi connectivity index (χ0) is 14.5. The molecule has 20 heavy (non-hydrogen) atoms.